The number of benzene rings is 1. The van der Waals surface area contributed by atoms with Gasteiger partial charge in [-0.3, -0.25) is 4.79 Å². The molecule has 2 heterocycles. The van der Waals surface area contributed by atoms with E-state index in [4.69, 9.17) is 4.74 Å². The number of rotatable bonds is 4. The van der Waals surface area contributed by atoms with Gasteiger partial charge in [-0.05, 0) is 56.9 Å². The Morgan fingerprint density at radius 3 is 2.78 bits per heavy atom. The zero-order chi connectivity index (χ0) is 19.8. The van der Waals surface area contributed by atoms with Crippen LogP contribution in [0.4, 0.5) is 11.4 Å². The van der Waals surface area contributed by atoms with E-state index in [-0.39, 0.29) is 17.4 Å². The Morgan fingerprint density at radius 2 is 2.07 bits per heavy atom. The van der Waals surface area contributed by atoms with Gasteiger partial charge < -0.3 is 14.8 Å². The highest BCUT2D eigenvalue weighted by Gasteiger charge is 2.32. The molecule has 1 aromatic heterocycles. The number of aryl methyl sites for hydroxylation is 1. The summed E-state index contributed by atoms with van der Waals surface area (Å²) in [6.07, 6.45) is 3.97. The Kier molecular flexibility index (Phi) is 5.24. The predicted molar refractivity (Wildman–Crippen MR) is 109 cm³/mol. The molecule has 2 atom stereocenters. The monoisotopic (exact) mass is 387 g/mol. The van der Waals surface area contributed by atoms with Crippen molar-refractivity contribution in [1.82, 2.24) is 4.98 Å². The molecule has 0 radical (unpaired) electrons. The molecular formula is C20H25N3O3S. The SMILES string of the molecule is Cc1ccc(NC(=O)c2cnc3c(c2)C(C)CC(C)(C)O3)cc1NS(C)=O. The van der Waals surface area contributed by atoms with Crippen LogP contribution in [0.1, 0.15) is 54.6 Å². The molecule has 1 aliphatic rings. The summed E-state index contributed by atoms with van der Waals surface area (Å²) < 4.78 is 20.2. The minimum Gasteiger partial charge on any atom is -0.471 e. The van der Waals surface area contributed by atoms with Crippen molar-refractivity contribution in [3.63, 3.8) is 0 Å². The second-order valence-corrected chi connectivity index (χ2v) is 8.74. The fraction of sp³-hybridized carbons (Fsp3) is 0.400. The van der Waals surface area contributed by atoms with E-state index < -0.39 is 11.0 Å². The average Bonchev–Trinajstić information content (AvgIpc) is 2.56. The maximum Gasteiger partial charge on any atom is 0.257 e. The van der Waals surface area contributed by atoms with Crippen molar-refractivity contribution in [2.75, 3.05) is 16.3 Å². The van der Waals surface area contributed by atoms with Crippen LogP contribution in [0.15, 0.2) is 30.5 Å². The van der Waals surface area contributed by atoms with Gasteiger partial charge in [0.2, 0.25) is 5.88 Å². The second kappa shape index (κ2) is 7.31. The Morgan fingerprint density at radius 1 is 1.33 bits per heavy atom. The van der Waals surface area contributed by atoms with Crippen molar-refractivity contribution >= 4 is 28.3 Å². The van der Waals surface area contributed by atoms with E-state index in [2.05, 4.69) is 21.9 Å². The van der Waals surface area contributed by atoms with Crippen molar-refractivity contribution in [3.8, 4) is 5.88 Å². The lowest BCUT2D eigenvalue weighted by molar-refractivity contribution is 0.0684. The van der Waals surface area contributed by atoms with Gasteiger partial charge in [-0.15, -0.1) is 0 Å². The van der Waals surface area contributed by atoms with Crippen molar-refractivity contribution in [2.45, 2.75) is 45.6 Å². The van der Waals surface area contributed by atoms with Gasteiger partial charge in [0.25, 0.3) is 5.91 Å². The smallest absolute Gasteiger partial charge is 0.257 e. The number of nitrogens with one attached hydrogen (secondary N) is 2. The highest BCUT2D eigenvalue weighted by atomic mass is 32.2. The summed E-state index contributed by atoms with van der Waals surface area (Å²) in [6, 6.07) is 7.31. The van der Waals surface area contributed by atoms with Gasteiger partial charge in [0, 0.05) is 23.7 Å². The van der Waals surface area contributed by atoms with Gasteiger partial charge in [0.05, 0.1) is 11.3 Å². The van der Waals surface area contributed by atoms with Gasteiger partial charge in [-0.2, -0.15) is 0 Å². The lowest BCUT2D eigenvalue weighted by atomic mass is 9.86. The molecule has 3 rings (SSSR count). The molecule has 1 amide bonds. The fourth-order valence-electron chi connectivity index (χ4n) is 3.35. The highest BCUT2D eigenvalue weighted by Crippen LogP contribution is 2.39. The largest absolute Gasteiger partial charge is 0.471 e. The number of hydrogen-bond acceptors (Lipinski definition) is 4. The standard InChI is InChI=1S/C20H25N3O3S/c1-12-6-7-15(9-17(12)23-27(5)25)22-18(24)14-8-16-13(2)10-20(3,4)26-19(16)21-11-14/h6-9,11,13,23H,10H2,1-5H3,(H,22,24). The first-order chi connectivity index (χ1) is 12.6. The van der Waals surface area contributed by atoms with E-state index in [1.54, 1.807) is 12.3 Å². The summed E-state index contributed by atoms with van der Waals surface area (Å²) in [6.45, 7) is 8.12. The molecule has 0 spiro atoms. The summed E-state index contributed by atoms with van der Waals surface area (Å²) in [4.78, 5) is 17.0. The highest BCUT2D eigenvalue weighted by molar-refractivity contribution is 7.85. The Labute approximate surface area is 162 Å². The third-order valence-corrected chi connectivity index (χ3v) is 5.10. The zero-order valence-electron chi connectivity index (χ0n) is 16.3. The predicted octanol–water partition coefficient (Wildman–Crippen LogP) is 4.01. The van der Waals surface area contributed by atoms with Crippen LogP contribution in [-0.4, -0.2) is 27.0 Å². The molecular weight excluding hydrogens is 362 g/mol. The van der Waals surface area contributed by atoms with Crippen LogP contribution in [0.5, 0.6) is 5.88 Å². The molecule has 2 unspecified atom stereocenters. The Hall–Kier alpha value is -2.41. The number of carbonyl (C=O) groups excluding carboxylic acids is 1. The van der Waals surface area contributed by atoms with Crippen LogP contribution < -0.4 is 14.8 Å². The summed E-state index contributed by atoms with van der Waals surface area (Å²) in [5.74, 6) is 0.621. The van der Waals surface area contributed by atoms with Gasteiger partial charge in [-0.1, -0.05) is 13.0 Å². The van der Waals surface area contributed by atoms with E-state index in [9.17, 15) is 9.00 Å². The maximum atomic E-state index is 12.7. The first kappa shape index (κ1) is 19.4. The minimum atomic E-state index is -1.18. The van der Waals surface area contributed by atoms with Crippen LogP contribution in [-0.2, 0) is 11.0 Å². The first-order valence-electron chi connectivity index (χ1n) is 8.86. The molecule has 0 saturated carbocycles. The summed E-state index contributed by atoms with van der Waals surface area (Å²) in [5, 5.41) is 2.88. The number of amides is 1. The van der Waals surface area contributed by atoms with Crippen molar-refractivity contribution in [2.24, 2.45) is 0 Å². The summed E-state index contributed by atoms with van der Waals surface area (Å²) >= 11 is 0. The normalized spacial score (nSPS) is 18.8. The van der Waals surface area contributed by atoms with Crippen LogP contribution in [0.25, 0.3) is 0 Å². The van der Waals surface area contributed by atoms with Crippen molar-refractivity contribution in [1.29, 1.82) is 0 Å². The number of aromatic nitrogens is 1. The zero-order valence-corrected chi connectivity index (χ0v) is 17.1. The van der Waals surface area contributed by atoms with Gasteiger partial charge in [0.1, 0.15) is 16.6 Å². The number of ether oxygens (including phenoxy) is 1. The average molecular weight is 388 g/mol. The molecule has 1 aliphatic heterocycles. The van der Waals surface area contributed by atoms with Gasteiger partial charge in [0.15, 0.2) is 0 Å². The minimum absolute atomic E-state index is 0.241. The van der Waals surface area contributed by atoms with Gasteiger partial charge >= 0.3 is 0 Å². The van der Waals surface area contributed by atoms with Crippen LogP contribution in [0.2, 0.25) is 0 Å². The lowest BCUT2D eigenvalue weighted by Crippen LogP contribution is -2.34. The molecule has 0 aliphatic carbocycles. The Bertz CT molecular complexity index is 911. The lowest BCUT2D eigenvalue weighted by Gasteiger charge is -2.35. The molecule has 2 N–H and O–H groups in total. The van der Waals surface area contributed by atoms with E-state index in [1.165, 1.54) is 6.20 Å². The van der Waals surface area contributed by atoms with Crippen LogP contribution in [0.3, 0.4) is 0 Å². The number of anilines is 2. The number of nitrogens with zero attached hydrogens (tertiary/aromatic N) is 1. The molecule has 0 bridgehead atoms. The van der Waals surface area contributed by atoms with Gasteiger partial charge in [-0.25, -0.2) is 9.19 Å². The number of pyridine rings is 1. The van der Waals surface area contributed by atoms with E-state index in [1.807, 2.05) is 39.0 Å². The molecule has 0 saturated heterocycles. The molecule has 27 heavy (non-hydrogen) atoms. The molecule has 2 aromatic rings. The molecule has 6 nitrogen and oxygen atoms in total. The molecule has 144 valence electrons. The number of fused-ring (bicyclic) bond motifs is 1. The fourth-order valence-corrected chi connectivity index (χ4v) is 3.88. The summed E-state index contributed by atoms with van der Waals surface area (Å²) in [7, 11) is -1.18. The van der Waals surface area contributed by atoms with Crippen molar-refractivity contribution in [3.05, 3.63) is 47.2 Å². The van der Waals surface area contributed by atoms with Crippen LogP contribution >= 0.6 is 0 Å². The van der Waals surface area contributed by atoms with E-state index in [0.717, 1.165) is 23.2 Å². The topological polar surface area (TPSA) is 80.3 Å². The second-order valence-electron chi connectivity index (χ2n) is 7.63. The number of hydrogen-bond donors (Lipinski definition) is 2. The molecule has 7 heteroatoms. The third kappa shape index (κ3) is 4.47. The van der Waals surface area contributed by atoms with Crippen LogP contribution in [0, 0.1) is 6.92 Å². The Balaban J connectivity index is 1.81. The number of carbonyl (C=O) groups is 1. The van der Waals surface area contributed by atoms with E-state index >= 15 is 0 Å². The molecule has 0 fully saturated rings. The summed E-state index contributed by atoms with van der Waals surface area (Å²) in [5.41, 5.74) is 3.48. The van der Waals surface area contributed by atoms with Crippen molar-refractivity contribution < 1.29 is 13.7 Å². The third-order valence-electron chi connectivity index (χ3n) is 4.59. The first-order valence-corrected chi connectivity index (χ1v) is 10.4. The maximum absolute atomic E-state index is 12.7. The quantitative estimate of drug-likeness (QED) is 0.831. The van der Waals surface area contributed by atoms with E-state index in [0.29, 0.717) is 17.1 Å². The molecule has 1 aromatic carbocycles.